The third-order valence-corrected chi connectivity index (χ3v) is 4.00. The molecule has 0 aliphatic rings. The van der Waals surface area contributed by atoms with Gasteiger partial charge in [0, 0.05) is 32.5 Å². The predicted octanol–water partition coefficient (Wildman–Crippen LogP) is 4.51. The van der Waals surface area contributed by atoms with Crippen molar-refractivity contribution in [2.45, 2.75) is 0 Å². The maximum atomic E-state index is 5.91. The first-order valence-electron chi connectivity index (χ1n) is 5.78. The average molecular weight is 395 g/mol. The van der Waals surface area contributed by atoms with Crippen molar-refractivity contribution in [2.75, 3.05) is 5.73 Å². The van der Waals surface area contributed by atoms with Crippen LogP contribution in [0, 0.1) is 0 Å². The minimum absolute atomic E-state index is 0.280. The van der Waals surface area contributed by atoms with Gasteiger partial charge in [-0.2, -0.15) is 0 Å². The van der Waals surface area contributed by atoms with Crippen LogP contribution in [-0.4, -0.2) is 10.1 Å². The van der Waals surface area contributed by atoms with Crippen molar-refractivity contribution in [2.24, 2.45) is 0 Å². The fourth-order valence-corrected chi connectivity index (χ4v) is 3.19. The zero-order chi connectivity index (χ0) is 14.1. The molecule has 0 unspecified atom stereocenters. The largest absolute Gasteiger partial charge is 0.367 e. The molecule has 1 aromatic carbocycles. The van der Waals surface area contributed by atoms with Gasteiger partial charge in [-0.15, -0.1) is 0 Å². The molecule has 0 aliphatic heterocycles. The fraction of sp³-hybridized carbons (Fsp3) is 0. The Labute approximate surface area is 132 Å². The normalized spacial score (nSPS) is 10.7. The van der Waals surface area contributed by atoms with Gasteiger partial charge in [-0.05, 0) is 18.2 Å². The van der Waals surface area contributed by atoms with Crippen molar-refractivity contribution in [3.05, 3.63) is 51.7 Å². The lowest BCUT2D eigenvalue weighted by atomic mass is 10.0. The number of halogens is 2. The molecule has 0 saturated heterocycles. The number of benzene rings is 1. The van der Waals surface area contributed by atoms with E-state index in [9.17, 15) is 0 Å². The van der Waals surface area contributed by atoms with E-state index in [-0.39, 0.29) is 5.88 Å². The number of nitrogens with zero attached hydrogens (tertiary/aromatic N) is 2. The van der Waals surface area contributed by atoms with Gasteiger partial charge < -0.3 is 10.3 Å². The monoisotopic (exact) mass is 393 g/mol. The highest BCUT2D eigenvalue weighted by atomic mass is 79.9. The highest BCUT2D eigenvalue weighted by Gasteiger charge is 2.19. The van der Waals surface area contributed by atoms with Crippen LogP contribution in [0.2, 0.25) is 0 Å². The van der Waals surface area contributed by atoms with E-state index in [1.165, 1.54) is 0 Å². The number of hydrogen-bond donors (Lipinski definition) is 1. The molecule has 0 amide bonds. The summed E-state index contributed by atoms with van der Waals surface area (Å²) in [5.74, 6) is 0.280. The number of pyridine rings is 1. The zero-order valence-electron chi connectivity index (χ0n) is 10.2. The minimum atomic E-state index is 0.280. The molecule has 6 heteroatoms. The second-order valence-electron chi connectivity index (χ2n) is 4.14. The Bertz CT molecular complexity index is 756. The van der Waals surface area contributed by atoms with Crippen LogP contribution >= 0.6 is 31.9 Å². The summed E-state index contributed by atoms with van der Waals surface area (Å²) in [6, 6.07) is 9.62. The summed E-state index contributed by atoms with van der Waals surface area (Å²) >= 11 is 6.96. The van der Waals surface area contributed by atoms with E-state index in [1.54, 1.807) is 12.4 Å². The Morgan fingerprint density at radius 3 is 2.70 bits per heavy atom. The molecular formula is C14H9Br2N3O. The van der Waals surface area contributed by atoms with Crippen LogP contribution < -0.4 is 5.73 Å². The van der Waals surface area contributed by atoms with Crippen molar-refractivity contribution in [1.82, 2.24) is 10.1 Å². The molecule has 0 spiro atoms. The first kappa shape index (κ1) is 13.3. The number of rotatable bonds is 2. The van der Waals surface area contributed by atoms with Gasteiger partial charge in [-0.25, -0.2) is 0 Å². The van der Waals surface area contributed by atoms with Gasteiger partial charge in [0.25, 0.3) is 0 Å². The Morgan fingerprint density at radius 2 is 2.00 bits per heavy atom. The summed E-state index contributed by atoms with van der Waals surface area (Å²) in [4.78, 5) is 4.11. The SMILES string of the molecule is Nc1onc(-c2ccc(Br)cc2Br)c1-c1cccnc1. The van der Waals surface area contributed by atoms with E-state index in [0.29, 0.717) is 5.69 Å². The lowest BCUT2D eigenvalue weighted by Gasteiger charge is -2.05. The number of nitrogens with two attached hydrogens (primary N) is 1. The quantitative estimate of drug-likeness (QED) is 0.694. The molecule has 3 rings (SSSR count). The van der Waals surface area contributed by atoms with E-state index in [2.05, 4.69) is 42.0 Å². The second kappa shape index (κ2) is 5.38. The lowest BCUT2D eigenvalue weighted by molar-refractivity contribution is 0.439. The van der Waals surface area contributed by atoms with Crippen molar-refractivity contribution in [1.29, 1.82) is 0 Å². The third kappa shape index (κ3) is 2.36. The van der Waals surface area contributed by atoms with Gasteiger partial charge in [-0.3, -0.25) is 4.98 Å². The summed E-state index contributed by atoms with van der Waals surface area (Å²) < 4.78 is 7.04. The molecule has 3 aromatic rings. The molecule has 2 N–H and O–H groups in total. The van der Waals surface area contributed by atoms with Crippen LogP contribution in [0.5, 0.6) is 0 Å². The first-order valence-corrected chi connectivity index (χ1v) is 7.36. The molecule has 2 aromatic heterocycles. The standard InChI is InChI=1S/C14H9Br2N3O/c15-9-3-4-10(11(16)6-9)13-12(14(17)20-19-13)8-2-1-5-18-7-8/h1-7H,17H2. The highest BCUT2D eigenvalue weighted by Crippen LogP contribution is 2.39. The molecule has 0 aliphatic carbocycles. The smallest absolute Gasteiger partial charge is 0.230 e. The van der Waals surface area contributed by atoms with Crippen molar-refractivity contribution in [3.8, 4) is 22.4 Å². The lowest BCUT2D eigenvalue weighted by Crippen LogP contribution is -1.89. The average Bonchev–Trinajstić information content (AvgIpc) is 2.81. The second-order valence-corrected chi connectivity index (χ2v) is 5.91. The summed E-state index contributed by atoms with van der Waals surface area (Å²) in [7, 11) is 0. The van der Waals surface area contributed by atoms with Gasteiger partial charge >= 0.3 is 0 Å². The van der Waals surface area contributed by atoms with Crippen LogP contribution in [0.25, 0.3) is 22.4 Å². The fourth-order valence-electron chi connectivity index (χ4n) is 1.96. The molecule has 2 heterocycles. The summed E-state index contributed by atoms with van der Waals surface area (Å²) in [6.07, 6.45) is 3.45. The molecule has 0 radical (unpaired) electrons. The van der Waals surface area contributed by atoms with Crippen molar-refractivity contribution < 1.29 is 4.52 Å². The Balaban J connectivity index is 2.21. The summed E-state index contributed by atoms with van der Waals surface area (Å²) in [5, 5.41) is 4.08. The number of nitrogen functional groups attached to an aromatic ring is 1. The van der Waals surface area contributed by atoms with Crippen LogP contribution in [0.3, 0.4) is 0 Å². The minimum Gasteiger partial charge on any atom is -0.367 e. The van der Waals surface area contributed by atoms with E-state index >= 15 is 0 Å². The zero-order valence-corrected chi connectivity index (χ0v) is 13.3. The maximum absolute atomic E-state index is 5.91. The Morgan fingerprint density at radius 1 is 1.15 bits per heavy atom. The molecule has 0 atom stereocenters. The van der Waals surface area contributed by atoms with E-state index < -0.39 is 0 Å². The molecule has 4 nitrogen and oxygen atoms in total. The summed E-state index contributed by atoms with van der Waals surface area (Å²) in [5.41, 5.74) is 9.13. The molecule has 0 fully saturated rings. The van der Waals surface area contributed by atoms with Gasteiger partial charge in [0.1, 0.15) is 5.69 Å². The van der Waals surface area contributed by atoms with Gasteiger partial charge in [-0.1, -0.05) is 49.1 Å². The molecule has 100 valence electrons. The Hall–Kier alpha value is -1.66. The molecular weight excluding hydrogens is 386 g/mol. The van der Waals surface area contributed by atoms with Gasteiger partial charge in [0.15, 0.2) is 0 Å². The van der Waals surface area contributed by atoms with Gasteiger partial charge in [0.2, 0.25) is 5.88 Å². The predicted molar refractivity (Wildman–Crippen MR) is 85.0 cm³/mol. The topological polar surface area (TPSA) is 64.9 Å². The van der Waals surface area contributed by atoms with E-state index in [0.717, 1.165) is 25.6 Å². The van der Waals surface area contributed by atoms with E-state index in [4.69, 9.17) is 10.3 Å². The first-order chi connectivity index (χ1) is 9.66. The Kier molecular flexibility index (Phi) is 3.58. The molecule has 20 heavy (non-hydrogen) atoms. The number of hydrogen-bond acceptors (Lipinski definition) is 4. The number of aromatic nitrogens is 2. The van der Waals surface area contributed by atoms with Crippen LogP contribution in [0.4, 0.5) is 5.88 Å². The number of anilines is 1. The van der Waals surface area contributed by atoms with Crippen LogP contribution in [0.15, 0.2) is 56.2 Å². The highest BCUT2D eigenvalue weighted by molar-refractivity contribution is 9.11. The summed E-state index contributed by atoms with van der Waals surface area (Å²) in [6.45, 7) is 0. The van der Waals surface area contributed by atoms with Crippen molar-refractivity contribution in [3.63, 3.8) is 0 Å². The van der Waals surface area contributed by atoms with E-state index in [1.807, 2.05) is 30.3 Å². The van der Waals surface area contributed by atoms with Crippen LogP contribution in [-0.2, 0) is 0 Å². The van der Waals surface area contributed by atoms with Crippen molar-refractivity contribution >= 4 is 37.7 Å². The van der Waals surface area contributed by atoms with Gasteiger partial charge in [0.05, 0.1) is 5.56 Å². The maximum Gasteiger partial charge on any atom is 0.230 e. The molecule has 0 bridgehead atoms. The van der Waals surface area contributed by atoms with Crippen LogP contribution in [0.1, 0.15) is 0 Å². The third-order valence-electron chi connectivity index (χ3n) is 2.85. The molecule has 0 saturated carbocycles.